The molecule has 1 unspecified atom stereocenters. The molecule has 0 heterocycles. The predicted octanol–water partition coefficient (Wildman–Crippen LogP) is 17.4. The molecule has 1 atom stereocenters. The number of allylic oxidation sites excluding steroid dienone is 16. The van der Waals surface area contributed by atoms with Crippen LogP contribution in [0.1, 0.15) is 233 Å². The molecule has 0 saturated heterocycles. The second kappa shape index (κ2) is 52.0. The Morgan fingerprint density at radius 1 is 0.344 bits per heavy atom. The molecule has 64 heavy (non-hydrogen) atoms. The third-order valence-corrected chi connectivity index (χ3v) is 10.9. The van der Waals surface area contributed by atoms with E-state index in [9.17, 15) is 14.4 Å². The standard InChI is InChI=1S/C58H96O6/c1-4-7-10-13-16-19-22-25-27-28-29-30-31-34-36-39-42-45-48-51-57(60)63-54-55(53-62-56(59)50-47-44-41-38-35-32-24-21-18-15-12-9-6-3)64-58(61)52-49-46-43-40-37-33-26-23-20-17-14-11-8-5-2/h8-9,11-12,15,17-18,20-21,24,26,28-29,32-33,35,55H,4-7,10,13-14,16,19,22-23,25,27,30-31,34,36-54H2,1-3H3/b11-8+,12-9+,18-15+,20-17+,24-21+,29-28+,33-26+,35-32+. The Morgan fingerprint density at radius 2 is 0.688 bits per heavy atom. The van der Waals surface area contributed by atoms with Gasteiger partial charge in [-0.05, 0) is 96.3 Å². The van der Waals surface area contributed by atoms with Crippen LogP contribution >= 0.6 is 0 Å². The minimum absolute atomic E-state index is 0.103. The van der Waals surface area contributed by atoms with Crippen molar-refractivity contribution in [3.05, 3.63) is 97.2 Å². The molecule has 6 heteroatoms. The summed E-state index contributed by atoms with van der Waals surface area (Å²) in [5.74, 6) is -0.973. The first-order chi connectivity index (χ1) is 31.5. The first kappa shape index (κ1) is 60.3. The van der Waals surface area contributed by atoms with Crippen LogP contribution in [0.4, 0.5) is 0 Å². The number of rotatable bonds is 46. The van der Waals surface area contributed by atoms with Crippen LogP contribution in [-0.2, 0) is 28.6 Å². The molecule has 0 spiro atoms. The zero-order valence-electron chi connectivity index (χ0n) is 41.5. The van der Waals surface area contributed by atoms with Crippen LogP contribution in [0.2, 0.25) is 0 Å². The van der Waals surface area contributed by atoms with Crippen molar-refractivity contribution in [3.8, 4) is 0 Å². The van der Waals surface area contributed by atoms with Gasteiger partial charge in [-0.2, -0.15) is 0 Å². The van der Waals surface area contributed by atoms with Gasteiger partial charge in [-0.15, -0.1) is 0 Å². The zero-order chi connectivity index (χ0) is 46.5. The SMILES string of the molecule is CC/C=C/C=C/C=C/C=C/CCCCCC(=O)OCC(COC(=O)CCCCCCCCC/C=C/CCCCCCCCCC)OC(=O)CCCCCC/C=C/C/C=C/C/C=C/CC. The van der Waals surface area contributed by atoms with E-state index in [0.29, 0.717) is 19.3 Å². The highest BCUT2D eigenvalue weighted by atomic mass is 16.6. The van der Waals surface area contributed by atoms with Gasteiger partial charge < -0.3 is 14.2 Å². The molecule has 0 saturated carbocycles. The van der Waals surface area contributed by atoms with Crippen molar-refractivity contribution < 1.29 is 28.6 Å². The summed E-state index contributed by atoms with van der Waals surface area (Å²) in [6.07, 6.45) is 68.3. The van der Waals surface area contributed by atoms with E-state index in [4.69, 9.17) is 14.2 Å². The number of carbonyl (C=O) groups is 3. The first-order valence-corrected chi connectivity index (χ1v) is 26.3. The summed E-state index contributed by atoms with van der Waals surface area (Å²) >= 11 is 0. The quantitative estimate of drug-likeness (QED) is 0.0199. The minimum Gasteiger partial charge on any atom is -0.462 e. The van der Waals surface area contributed by atoms with Crippen molar-refractivity contribution in [2.24, 2.45) is 0 Å². The van der Waals surface area contributed by atoms with Gasteiger partial charge in [0.05, 0.1) is 0 Å². The van der Waals surface area contributed by atoms with E-state index in [1.165, 1.54) is 89.9 Å². The molecule has 0 rings (SSSR count). The average Bonchev–Trinajstić information content (AvgIpc) is 3.29. The number of hydrogen-bond donors (Lipinski definition) is 0. The van der Waals surface area contributed by atoms with Gasteiger partial charge in [-0.25, -0.2) is 0 Å². The topological polar surface area (TPSA) is 78.9 Å². The van der Waals surface area contributed by atoms with Crippen LogP contribution < -0.4 is 0 Å². The van der Waals surface area contributed by atoms with E-state index in [1.54, 1.807) is 0 Å². The molecule has 0 aromatic rings. The maximum atomic E-state index is 12.8. The molecule has 0 aromatic carbocycles. The molecule has 0 fully saturated rings. The summed E-state index contributed by atoms with van der Waals surface area (Å²) in [5.41, 5.74) is 0. The van der Waals surface area contributed by atoms with Gasteiger partial charge >= 0.3 is 17.9 Å². The Balaban J connectivity index is 4.44. The highest BCUT2D eigenvalue weighted by Crippen LogP contribution is 2.14. The van der Waals surface area contributed by atoms with Gasteiger partial charge in [0, 0.05) is 19.3 Å². The molecule has 0 radical (unpaired) electrons. The van der Waals surface area contributed by atoms with Crippen molar-refractivity contribution in [1.29, 1.82) is 0 Å². The lowest BCUT2D eigenvalue weighted by Gasteiger charge is -2.18. The molecular formula is C58H96O6. The van der Waals surface area contributed by atoms with Crippen molar-refractivity contribution in [2.45, 2.75) is 239 Å². The molecular weight excluding hydrogens is 793 g/mol. The molecule has 0 N–H and O–H groups in total. The number of hydrogen-bond acceptors (Lipinski definition) is 6. The normalized spacial score (nSPS) is 12.9. The highest BCUT2D eigenvalue weighted by Gasteiger charge is 2.19. The van der Waals surface area contributed by atoms with E-state index in [2.05, 4.69) is 81.5 Å². The molecule has 0 aromatic heterocycles. The van der Waals surface area contributed by atoms with Crippen molar-refractivity contribution in [3.63, 3.8) is 0 Å². The summed E-state index contributed by atoms with van der Waals surface area (Å²) in [6, 6.07) is 0. The second-order valence-corrected chi connectivity index (χ2v) is 17.1. The van der Waals surface area contributed by atoms with E-state index in [1.807, 2.05) is 36.5 Å². The molecule has 0 aliphatic carbocycles. The Bertz CT molecular complexity index is 1300. The number of unbranched alkanes of at least 4 members (excludes halogenated alkanes) is 22. The van der Waals surface area contributed by atoms with Gasteiger partial charge in [-0.1, -0.05) is 214 Å². The maximum Gasteiger partial charge on any atom is 0.306 e. The zero-order valence-corrected chi connectivity index (χ0v) is 41.5. The van der Waals surface area contributed by atoms with Crippen LogP contribution in [0.15, 0.2) is 97.2 Å². The third-order valence-electron chi connectivity index (χ3n) is 10.9. The highest BCUT2D eigenvalue weighted by molar-refractivity contribution is 5.71. The van der Waals surface area contributed by atoms with Gasteiger partial charge in [0.25, 0.3) is 0 Å². The molecule has 6 nitrogen and oxygen atoms in total. The number of ether oxygens (including phenoxy) is 3. The Labute approximate surface area is 394 Å². The van der Waals surface area contributed by atoms with Crippen LogP contribution in [-0.4, -0.2) is 37.2 Å². The van der Waals surface area contributed by atoms with Crippen molar-refractivity contribution in [1.82, 2.24) is 0 Å². The van der Waals surface area contributed by atoms with Crippen molar-refractivity contribution >= 4 is 17.9 Å². The minimum atomic E-state index is -0.807. The molecule has 0 bridgehead atoms. The lowest BCUT2D eigenvalue weighted by atomic mass is 10.1. The fraction of sp³-hybridized carbons (Fsp3) is 0.672. The van der Waals surface area contributed by atoms with E-state index < -0.39 is 6.10 Å². The van der Waals surface area contributed by atoms with Crippen LogP contribution in [0.25, 0.3) is 0 Å². The van der Waals surface area contributed by atoms with Gasteiger partial charge in [0.2, 0.25) is 0 Å². The lowest BCUT2D eigenvalue weighted by molar-refractivity contribution is -0.167. The summed E-state index contributed by atoms with van der Waals surface area (Å²) in [4.78, 5) is 38.0. The molecule has 0 aliphatic rings. The summed E-state index contributed by atoms with van der Waals surface area (Å²) in [5, 5.41) is 0. The molecule has 364 valence electrons. The second-order valence-electron chi connectivity index (χ2n) is 17.1. The fourth-order valence-corrected chi connectivity index (χ4v) is 6.99. The molecule has 0 amide bonds. The average molecular weight is 889 g/mol. The maximum absolute atomic E-state index is 12.8. The predicted molar refractivity (Wildman–Crippen MR) is 274 cm³/mol. The molecule has 0 aliphatic heterocycles. The number of carbonyl (C=O) groups excluding carboxylic acids is 3. The van der Waals surface area contributed by atoms with E-state index >= 15 is 0 Å². The van der Waals surface area contributed by atoms with Crippen LogP contribution in [0, 0.1) is 0 Å². The Morgan fingerprint density at radius 3 is 1.17 bits per heavy atom. The largest absolute Gasteiger partial charge is 0.462 e. The fourth-order valence-electron chi connectivity index (χ4n) is 6.99. The van der Waals surface area contributed by atoms with E-state index in [-0.39, 0.29) is 31.1 Å². The van der Waals surface area contributed by atoms with Gasteiger partial charge in [0.1, 0.15) is 13.2 Å². The summed E-state index contributed by atoms with van der Waals surface area (Å²) < 4.78 is 16.7. The number of esters is 3. The smallest absolute Gasteiger partial charge is 0.306 e. The summed E-state index contributed by atoms with van der Waals surface area (Å²) in [6.45, 7) is 6.32. The van der Waals surface area contributed by atoms with Crippen LogP contribution in [0.5, 0.6) is 0 Å². The lowest BCUT2D eigenvalue weighted by Crippen LogP contribution is -2.30. The summed E-state index contributed by atoms with van der Waals surface area (Å²) in [7, 11) is 0. The van der Waals surface area contributed by atoms with Crippen LogP contribution in [0.3, 0.4) is 0 Å². The van der Waals surface area contributed by atoms with Gasteiger partial charge in [0.15, 0.2) is 6.10 Å². The van der Waals surface area contributed by atoms with E-state index in [0.717, 1.165) is 103 Å². The first-order valence-electron chi connectivity index (χ1n) is 26.3. The third kappa shape index (κ3) is 49.3. The van der Waals surface area contributed by atoms with Crippen molar-refractivity contribution in [2.75, 3.05) is 13.2 Å². The Kier molecular flexibility index (Phi) is 49.0. The Hall–Kier alpha value is -3.67. The van der Waals surface area contributed by atoms with Gasteiger partial charge in [-0.3, -0.25) is 14.4 Å². The monoisotopic (exact) mass is 889 g/mol.